The molecule has 47 heavy (non-hydrogen) atoms. The highest BCUT2D eigenvalue weighted by atomic mass is 32.2. The first kappa shape index (κ1) is 33.9. The van der Waals surface area contributed by atoms with Gasteiger partial charge in [-0.2, -0.15) is 4.31 Å². The second-order valence-electron chi connectivity index (χ2n) is 11.7. The number of hydrogen-bond acceptors (Lipinski definition) is 7. The molecule has 2 N–H and O–H groups in total. The second kappa shape index (κ2) is 13.0. The molecule has 1 spiro atoms. The van der Waals surface area contributed by atoms with E-state index in [0.717, 1.165) is 23.1 Å². The Kier molecular flexibility index (Phi) is 9.37. The first-order valence-corrected chi connectivity index (χ1v) is 16.4. The van der Waals surface area contributed by atoms with Crippen molar-refractivity contribution in [2.75, 3.05) is 31.1 Å². The molecule has 0 atom stereocenters. The van der Waals surface area contributed by atoms with Gasteiger partial charge in [0.05, 0.1) is 0 Å². The van der Waals surface area contributed by atoms with E-state index in [1.165, 1.54) is 34.3 Å². The number of hydrogen-bond donors (Lipinski definition) is 2. The van der Waals surface area contributed by atoms with Crippen molar-refractivity contribution in [2.24, 2.45) is 4.99 Å². The minimum atomic E-state index is -4.88. The molecule has 2 aromatic rings. The quantitative estimate of drug-likeness (QED) is 0.448. The molecule has 3 amide bonds. The fourth-order valence-electron chi connectivity index (χ4n) is 6.15. The molecule has 0 aromatic heterocycles. The maximum absolute atomic E-state index is 13.2. The summed E-state index contributed by atoms with van der Waals surface area (Å²) >= 11 is 0. The van der Waals surface area contributed by atoms with Gasteiger partial charge in [0.25, 0.3) is 5.91 Å². The molecule has 3 aliphatic heterocycles. The summed E-state index contributed by atoms with van der Waals surface area (Å²) in [5, 5.41) is 12.9. The summed E-state index contributed by atoms with van der Waals surface area (Å²) < 4.78 is 69.7. The van der Waals surface area contributed by atoms with Gasteiger partial charge in [-0.1, -0.05) is 18.2 Å². The lowest BCUT2D eigenvalue weighted by Crippen LogP contribution is -2.50. The highest BCUT2D eigenvalue weighted by Crippen LogP contribution is 2.33. The minimum Gasteiger partial charge on any atom is -0.465 e. The Bertz CT molecular complexity index is 1730. The Morgan fingerprint density at radius 1 is 1.11 bits per heavy atom. The summed E-state index contributed by atoms with van der Waals surface area (Å²) in [5.74, 6) is -1.000. The summed E-state index contributed by atoms with van der Waals surface area (Å²) in [6.45, 7) is 3.90. The van der Waals surface area contributed by atoms with Crippen molar-refractivity contribution in [2.45, 2.75) is 57.5 Å². The van der Waals surface area contributed by atoms with Crippen molar-refractivity contribution < 1.29 is 45.8 Å². The van der Waals surface area contributed by atoms with Crippen LogP contribution in [0.15, 0.2) is 52.9 Å². The average Bonchev–Trinajstić information content (AvgIpc) is 3.31. The molecule has 0 unspecified atom stereocenters. The number of aliphatic imine (C=N–C) groups is 1. The molecule has 0 aliphatic carbocycles. The van der Waals surface area contributed by atoms with E-state index in [2.05, 4.69) is 15.0 Å². The Morgan fingerprint density at radius 2 is 1.79 bits per heavy atom. The van der Waals surface area contributed by atoms with Crippen LogP contribution in [0.4, 0.5) is 23.7 Å². The van der Waals surface area contributed by atoms with Gasteiger partial charge in [0.15, 0.2) is 0 Å². The summed E-state index contributed by atoms with van der Waals surface area (Å²) in [7, 11) is -3.89. The van der Waals surface area contributed by atoms with E-state index in [0.29, 0.717) is 37.2 Å². The number of amides is 3. The van der Waals surface area contributed by atoms with Crippen molar-refractivity contribution in [3.63, 3.8) is 0 Å². The van der Waals surface area contributed by atoms with Crippen LogP contribution < -0.4 is 15.0 Å². The van der Waals surface area contributed by atoms with E-state index >= 15 is 0 Å². The molecule has 3 aliphatic rings. The molecule has 5 rings (SSSR count). The molecule has 0 bridgehead atoms. The van der Waals surface area contributed by atoms with Gasteiger partial charge in [-0.15, -0.1) is 13.2 Å². The van der Waals surface area contributed by atoms with E-state index in [9.17, 15) is 41.1 Å². The van der Waals surface area contributed by atoms with Crippen LogP contribution in [0.1, 0.15) is 49.3 Å². The third-order valence-electron chi connectivity index (χ3n) is 8.62. The van der Waals surface area contributed by atoms with E-state index < -0.39 is 39.7 Å². The zero-order valence-corrected chi connectivity index (χ0v) is 26.5. The number of alkyl halides is 3. The monoisotopic (exact) mass is 677 g/mol. The van der Waals surface area contributed by atoms with Crippen molar-refractivity contribution >= 4 is 45.5 Å². The van der Waals surface area contributed by atoms with E-state index in [-0.39, 0.29) is 49.3 Å². The number of halogens is 3. The van der Waals surface area contributed by atoms with Crippen LogP contribution in [0.3, 0.4) is 0 Å². The molecular formula is C31H34F3N5O7S. The molecule has 2 aromatic carbocycles. The van der Waals surface area contributed by atoms with Gasteiger partial charge in [0.1, 0.15) is 17.1 Å². The lowest BCUT2D eigenvalue weighted by atomic mass is 9.89. The van der Waals surface area contributed by atoms with Gasteiger partial charge in [0.2, 0.25) is 15.9 Å². The van der Waals surface area contributed by atoms with E-state index in [1.54, 1.807) is 30.0 Å². The summed E-state index contributed by atoms with van der Waals surface area (Å²) in [6, 6.07) is 10.2. The van der Waals surface area contributed by atoms with E-state index in [4.69, 9.17) is 0 Å². The average molecular weight is 678 g/mol. The molecule has 16 heteroatoms. The number of nitrogens with zero attached hydrogens (tertiary/aromatic N) is 4. The number of sulfonamides is 1. The highest BCUT2D eigenvalue weighted by molar-refractivity contribution is 7.92. The number of nitrogens with one attached hydrogen (secondary N) is 1. The number of amidine groups is 1. The topological polar surface area (TPSA) is 149 Å². The second-order valence-corrected chi connectivity index (χ2v) is 13.5. The predicted molar refractivity (Wildman–Crippen MR) is 166 cm³/mol. The lowest BCUT2D eigenvalue weighted by molar-refractivity contribution is -0.274. The number of aryl methyl sites for hydroxylation is 1. The number of carbonyl (C=O) groups is 3. The maximum Gasteiger partial charge on any atom is 0.573 e. The smallest absolute Gasteiger partial charge is 0.465 e. The van der Waals surface area contributed by atoms with Gasteiger partial charge in [0, 0.05) is 55.8 Å². The normalized spacial score (nSPS) is 19.1. The van der Waals surface area contributed by atoms with Gasteiger partial charge in [-0.25, -0.2) is 13.2 Å². The molecule has 2 saturated heterocycles. The number of likely N-dealkylation sites (tertiary alicyclic amines) is 1. The fraction of sp³-hybridized carbons (Fsp3) is 0.419. The largest absolute Gasteiger partial charge is 0.573 e. The van der Waals surface area contributed by atoms with Crippen molar-refractivity contribution in [1.29, 1.82) is 0 Å². The standard InChI is InChI=1S/C31H34F3N5O7S/c1-20-18-25(39(21(2)40)24-8-13-37(14-9-24)29(42)43)7-6-22(20)10-17-47(44,45)38-15-11-30(12-16-38)28(41)35-27(36-30)23-4-3-5-26(19-23)46-31(32,33)34/h3-7,10,17-19,24H,8-9,11-16H2,1-2H3,(H,42,43)(H,35,36,41)/b17-10+. The summed E-state index contributed by atoms with van der Waals surface area (Å²) in [6.07, 6.45) is -3.24. The SMILES string of the molecule is CC(=O)N(c1ccc(/C=C/S(=O)(=O)N2CCC3(CC2)N=C(c2cccc(OC(F)(F)F)c2)NC3=O)c(C)c1)C1CCN(C(=O)O)CC1. The number of piperidine rings is 2. The number of carboxylic acid groups (broad SMARTS) is 1. The van der Waals surface area contributed by atoms with Crippen molar-refractivity contribution in [1.82, 2.24) is 14.5 Å². The first-order chi connectivity index (χ1) is 22.1. The first-order valence-electron chi connectivity index (χ1n) is 14.9. The van der Waals surface area contributed by atoms with Crippen LogP contribution >= 0.6 is 0 Å². The number of anilines is 1. The summed E-state index contributed by atoms with van der Waals surface area (Å²) in [5.41, 5.74) is 0.975. The highest BCUT2D eigenvalue weighted by Gasteiger charge is 2.47. The summed E-state index contributed by atoms with van der Waals surface area (Å²) in [4.78, 5) is 44.3. The molecule has 0 saturated carbocycles. The molecule has 3 heterocycles. The Balaban J connectivity index is 1.24. The maximum atomic E-state index is 13.2. The van der Waals surface area contributed by atoms with Gasteiger partial charge >= 0.3 is 12.5 Å². The van der Waals surface area contributed by atoms with Crippen LogP contribution in [0.25, 0.3) is 6.08 Å². The van der Waals surface area contributed by atoms with Crippen LogP contribution in [0.5, 0.6) is 5.75 Å². The van der Waals surface area contributed by atoms with Crippen molar-refractivity contribution in [3.8, 4) is 5.75 Å². The Labute approximate surface area is 269 Å². The predicted octanol–water partition coefficient (Wildman–Crippen LogP) is 4.10. The lowest BCUT2D eigenvalue weighted by Gasteiger charge is -2.37. The van der Waals surface area contributed by atoms with Gasteiger partial charge in [-0.3, -0.25) is 14.6 Å². The molecule has 0 radical (unpaired) electrons. The Morgan fingerprint density at radius 3 is 2.38 bits per heavy atom. The number of benzene rings is 2. The van der Waals surface area contributed by atoms with Crippen LogP contribution in [0, 0.1) is 6.92 Å². The third-order valence-corrected chi connectivity index (χ3v) is 10.2. The minimum absolute atomic E-state index is 0.000282. The van der Waals surface area contributed by atoms with Crippen LogP contribution in [0.2, 0.25) is 0 Å². The van der Waals surface area contributed by atoms with Crippen LogP contribution in [-0.2, 0) is 19.6 Å². The molecule has 12 nitrogen and oxygen atoms in total. The van der Waals surface area contributed by atoms with Gasteiger partial charge in [-0.05, 0) is 74.1 Å². The van der Waals surface area contributed by atoms with Crippen LogP contribution in [-0.4, -0.2) is 90.6 Å². The van der Waals surface area contributed by atoms with E-state index in [1.807, 2.05) is 0 Å². The number of rotatable bonds is 7. The zero-order valence-electron chi connectivity index (χ0n) is 25.7. The number of ether oxygens (including phenoxy) is 1. The zero-order chi connectivity index (χ0) is 34.1. The molecule has 252 valence electrons. The van der Waals surface area contributed by atoms with Crippen molar-refractivity contribution in [3.05, 3.63) is 64.6 Å². The third kappa shape index (κ3) is 7.59. The molecular weight excluding hydrogens is 643 g/mol. The fourth-order valence-corrected chi connectivity index (χ4v) is 7.33. The Hall–Kier alpha value is -4.44. The molecule has 2 fully saturated rings. The number of carbonyl (C=O) groups excluding carboxylic acids is 2. The van der Waals surface area contributed by atoms with Gasteiger partial charge < -0.3 is 25.0 Å².